The number of hydrogen-bond acceptors (Lipinski definition) is 1. The van der Waals surface area contributed by atoms with Crippen LogP contribution in [-0.2, 0) is 0 Å². The Hall–Kier alpha value is -1.26. The monoisotopic (exact) mass is 341 g/mol. The van der Waals surface area contributed by atoms with Gasteiger partial charge in [-0.2, -0.15) is 0 Å². The predicted octanol–water partition coefficient (Wildman–Crippen LogP) is 4.72. The van der Waals surface area contributed by atoms with Crippen LogP contribution in [-0.4, -0.2) is 23.6 Å². The Kier molecular flexibility index (Phi) is 4.66. The Morgan fingerprint density at radius 3 is 2.68 bits per heavy atom. The molecule has 1 amide bonds. The van der Waals surface area contributed by atoms with Gasteiger partial charge in [0, 0.05) is 16.9 Å². The number of rotatable bonds is 4. The first-order valence-corrected chi connectivity index (χ1v) is 7.21. The Labute approximate surface area is 124 Å². The fourth-order valence-electron chi connectivity index (χ4n) is 1.97. The van der Waals surface area contributed by atoms with E-state index in [1.165, 1.54) is 4.90 Å². The summed E-state index contributed by atoms with van der Waals surface area (Å²) in [4.78, 5) is 12.7. The van der Waals surface area contributed by atoms with E-state index in [0.717, 1.165) is 15.2 Å². The highest BCUT2D eigenvalue weighted by molar-refractivity contribution is 9.10. The number of carboxylic acid groups (broad SMARTS) is 1. The fraction of sp³-hybridized carbons (Fsp3) is 0.214. The highest BCUT2D eigenvalue weighted by Gasteiger charge is 2.17. The molecule has 0 saturated heterocycles. The molecule has 0 spiro atoms. The third-order valence-corrected chi connectivity index (χ3v) is 3.98. The minimum absolute atomic E-state index is 0.385. The molecular weight excluding hydrogens is 330 g/mol. The van der Waals surface area contributed by atoms with Gasteiger partial charge in [-0.3, -0.25) is 4.90 Å². The van der Waals surface area contributed by atoms with Crippen LogP contribution in [0.3, 0.4) is 0 Å². The number of benzene rings is 2. The van der Waals surface area contributed by atoms with Crippen LogP contribution in [0.15, 0.2) is 40.9 Å². The summed E-state index contributed by atoms with van der Waals surface area (Å²) >= 11 is 9.15. The normalized spacial score (nSPS) is 10.6. The molecule has 0 aliphatic carbocycles. The van der Waals surface area contributed by atoms with E-state index in [0.29, 0.717) is 24.5 Å². The highest BCUT2D eigenvalue weighted by atomic mass is 79.9. The smallest absolute Gasteiger partial charge is 0.411 e. The molecule has 0 saturated carbocycles. The molecule has 1 N–H and O–H groups in total. The van der Waals surface area contributed by atoms with Gasteiger partial charge in [0.05, 0.1) is 5.69 Å². The molecule has 0 heterocycles. The Balaban J connectivity index is 2.47. The predicted molar refractivity (Wildman–Crippen MR) is 82.4 cm³/mol. The van der Waals surface area contributed by atoms with Crippen LogP contribution in [0.25, 0.3) is 10.8 Å². The van der Waals surface area contributed by atoms with Gasteiger partial charge in [0.25, 0.3) is 0 Å². The van der Waals surface area contributed by atoms with E-state index in [1.54, 1.807) is 0 Å². The van der Waals surface area contributed by atoms with Gasteiger partial charge in [0.1, 0.15) is 0 Å². The fourth-order valence-corrected chi connectivity index (χ4v) is 2.79. The lowest BCUT2D eigenvalue weighted by molar-refractivity contribution is 0.202. The minimum atomic E-state index is -0.971. The van der Waals surface area contributed by atoms with Crippen molar-refractivity contribution in [1.29, 1.82) is 0 Å². The molecule has 19 heavy (non-hydrogen) atoms. The summed E-state index contributed by atoms with van der Waals surface area (Å²) in [7, 11) is 0. The van der Waals surface area contributed by atoms with E-state index in [4.69, 9.17) is 11.6 Å². The number of anilines is 1. The van der Waals surface area contributed by atoms with Crippen molar-refractivity contribution in [1.82, 2.24) is 0 Å². The van der Waals surface area contributed by atoms with E-state index in [-0.39, 0.29) is 0 Å². The number of alkyl halides is 1. The molecule has 3 nitrogen and oxygen atoms in total. The molecule has 2 aromatic rings. The lowest BCUT2D eigenvalue weighted by Gasteiger charge is -2.21. The number of fused-ring (bicyclic) bond motifs is 1. The van der Waals surface area contributed by atoms with Crippen LogP contribution in [0.4, 0.5) is 10.5 Å². The van der Waals surface area contributed by atoms with Crippen molar-refractivity contribution in [3.63, 3.8) is 0 Å². The summed E-state index contributed by atoms with van der Waals surface area (Å²) in [5.74, 6) is 0.439. The SMILES string of the molecule is O=C(O)N(CCCCl)c1ccc2ccccc2c1Br. The second kappa shape index (κ2) is 6.26. The molecule has 0 atom stereocenters. The van der Waals surface area contributed by atoms with Crippen molar-refractivity contribution < 1.29 is 9.90 Å². The zero-order valence-electron chi connectivity index (χ0n) is 10.1. The topological polar surface area (TPSA) is 40.5 Å². The number of nitrogens with zero attached hydrogens (tertiary/aromatic N) is 1. The lowest BCUT2D eigenvalue weighted by Crippen LogP contribution is -2.30. The standard InChI is InChI=1S/C14H13BrClNO2/c15-13-11-5-2-1-4-10(11)6-7-12(13)17(14(18)19)9-3-8-16/h1-2,4-7H,3,8-9H2,(H,18,19). The lowest BCUT2D eigenvalue weighted by atomic mass is 10.1. The summed E-state index contributed by atoms with van der Waals surface area (Å²) in [5, 5.41) is 11.4. The van der Waals surface area contributed by atoms with Crippen molar-refractivity contribution in [2.45, 2.75) is 6.42 Å². The van der Waals surface area contributed by atoms with Crippen LogP contribution in [0, 0.1) is 0 Å². The maximum Gasteiger partial charge on any atom is 0.411 e. The molecule has 0 aliphatic heterocycles. The average molecular weight is 343 g/mol. The summed E-state index contributed by atoms with van der Waals surface area (Å²) in [6.45, 7) is 0.385. The van der Waals surface area contributed by atoms with E-state index in [2.05, 4.69) is 15.9 Å². The molecule has 0 fully saturated rings. The van der Waals surface area contributed by atoms with E-state index >= 15 is 0 Å². The zero-order valence-corrected chi connectivity index (χ0v) is 12.5. The second-order valence-corrected chi connectivity index (χ2v) is 5.27. The van der Waals surface area contributed by atoms with Gasteiger partial charge >= 0.3 is 6.09 Å². The maximum atomic E-state index is 11.4. The molecule has 100 valence electrons. The second-order valence-electron chi connectivity index (χ2n) is 4.10. The molecule has 2 aromatic carbocycles. The zero-order chi connectivity index (χ0) is 13.8. The van der Waals surface area contributed by atoms with E-state index in [1.807, 2.05) is 36.4 Å². The molecule has 0 radical (unpaired) electrons. The van der Waals surface area contributed by atoms with Crippen LogP contribution in [0.5, 0.6) is 0 Å². The van der Waals surface area contributed by atoms with E-state index in [9.17, 15) is 9.90 Å². The first kappa shape index (κ1) is 14.2. The highest BCUT2D eigenvalue weighted by Crippen LogP contribution is 2.34. The first-order chi connectivity index (χ1) is 9.15. The number of carbonyl (C=O) groups is 1. The summed E-state index contributed by atoms with van der Waals surface area (Å²) in [6, 6.07) is 11.6. The van der Waals surface area contributed by atoms with Gasteiger partial charge < -0.3 is 5.11 Å². The van der Waals surface area contributed by atoms with Gasteiger partial charge in [-0.25, -0.2) is 4.79 Å². The number of hydrogen-bond donors (Lipinski definition) is 1. The molecule has 0 unspecified atom stereocenters. The first-order valence-electron chi connectivity index (χ1n) is 5.89. The van der Waals surface area contributed by atoms with Crippen LogP contribution >= 0.6 is 27.5 Å². The molecule has 0 aromatic heterocycles. The van der Waals surface area contributed by atoms with Crippen LogP contribution in [0.1, 0.15) is 6.42 Å². The third kappa shape index (κ3) is 3.01. The Bertz CT molecular complexity index is 603. The third-order valence-electron chi connectivity index (χ3n) is 2.88. The van der Waals surface area contributed by atoms with Crippen molar-refractivity contribution in [3.8, 4) is 0 Å². The average Bonchev–Trinajstić information content (AvgIpc) is 2.41. The van der Waals surface area contributed by atoms with Crippen molar-refractivity contribution >= 4 is 50.1 Å². The van der Waals surface area contributed by atoms with Gasteiger partial charge in [-0.05, 0) is 39.2 Å². The maximum absolute atomic E-state index is 11.4. The quantitative estimate of drug-likeness (QED) is 0.817. The van der Waals surface area contributed by atoms with Gasteiger partial charge in [0.15, 0.2) is 0 Å². The molecular formula is C14H13BrClNO2. The minimum Gasteiger partial charge on any atom is -0.465 e. The molecule has 5 heteroatoms. The molecule has 0 bridgehead atoms. The number of halogens is 2. The van der Waals surface area contributed by atoms with Gasteiger partial charge in [-0.15, -0.1) is 11.6 Å². The van der Waals surface area contributed by atoms with Crippen LogP contribution in [0.2, 0.25) is 0 Å². The van der Waals surface area contributed by atoms with E-state index < -0.39 is 6.09 Å². The Morgan fingerprint density at radius 1 is 1.26 bits per heavy atom. The Morgan fingerprint density at radius 2 is 2.00 bits per heavy atom. The molecule has 2 rings (SSSR count). The van der Waals surface area contributed by atoms with Crippen LogP contribution < -0.4 is 4.90 Å². The van der Waals surface area contributed by atoms with Crippen molar-refractivity contribution in [2.75, 3.05) is 17.3 Å². The van der Waals surface area contributed by atoms with Gasteiger partial charge in [0.2, 0.25) is 0 Å². The number of amides is 1. The molecule has 0 aliphatic rings. The largest absolute Gasteiger partial charge is 0.465 e. The summed E-state index contributed by atoms with van der Waals surface area (Å²) < 4.78 is 0.794. The summed E-state index contributed by atoms with van der Waals surface area (Å²) in [5.41, 5.74) is 0.649. The van der Waals surface area contributed by atoms with Crippen molar-refractivity contribution in [3.05, 3.63) is 40.9 Å². The van der Waals surface area contributed by atoms with Gasteiger partial charge in [-0.1, -0.05) is 30.3 Å². The van der Waals surface area contributed by atoms with Crippen molar-refractivity contribution in [2.24, 2.45) is 0 Å². The summed E-state index contributed by atoms with van der Waals surface area (Å²) in [6.07, 6.45) is -0.353.